The van der Waals surface area contributed by atoms with E-state index in [2.05, 4.69) is 21.0 Å². The van der Waals surface area contributed by atoms with Crippen molar-refractivity contribution in [2.24, 2.45) is 0 Å². The molecule has 2 aromatic rings. The third-order valence-corrected chi connectivity index (χ3v) is 3.53. The average molecular weight is 344 g/mol. The summed E-state index contributed by atoms with van der Waals surface area (Å²) in [6.45, 7) is 1.85. The second-order valence-electron chi connectivity index (χ2n) is 3.83. The largest absolute Gasteiger partial charge is 0.476 e. The number of aromatic carboxylic acids is 1. The van der Waals surface area contributed by atoms with Crippen LogP contribution in [0.4, 0.5) is 0 Å². The molecule has 1 N–H and O–H groups in total. The minimum absolute atomic E-state index is 0.524. The summed E-state index contributed by atoms with van der Waals surface area (Å²) >= 11 is 9.38. The molecule has 1 heterocycles. The molecule has 1 aromatic carbocycles. The molecule has 0 bridgehead atoms. The number of carbonyl (C=O) groups is 1. The maximum absolute atomic E-state index is 11.4. The second-order valence-corrected chi connectivity index (χ2v) is 5.09. The zero-order valence-electron chi connectivity index (χ0n) is 9.72. The number of carboxylic acid groups (broad SMARTS) is 1. The van der Waals surface area contributed by atoms with Gasteiger partial charge in [-0.1, -0.05) is 11.6 Å². The van der Waals surface area contributed by atoms with Crippen LogP contribution in [-0.4, -0.2) is 20.9 Å². The summed E-state index contributed by atoms with van der Waals surface area (Å²) in [4.78, 5) is 22.3. The van der Waals surface area contributed by atoms with Gasteiger partial charge in [0, 0.05) is 21.8 Å². The van der Waals surface area contributed by atoms with Crippen LogP contribution in [0.15, 0.2) is 33.7 Å². The van der Waals surface area contributed by atoms with Crippen molar-refractivity contribution < 1.29 is 9.90 Å². The Morgan fingerprint density at radius 1 is 1.47 bits per heavy atom. The van der Waals surface area contributed by atoms with E-state index in [4.69, 9.17) is 16.7 Å². The fourth-order valence-electron chi connectivity index (χ4n) is 1.50. The molecule has 5 nitrogen and oxygen atoms in total. The minimum atomic E-state index is -1.37. The molecule has 19 heavy (non-hydrogen) atoms. The third kappa shape index (κ3) is 2.69. The fraction of sp³-hybridized carbons (Fsp3) is 0.0833. The molecule has 0 amide bonds. The molecule has 7 heteroatoms. The van der Waals surface area contributed by atoms with Crippen molar-refractivity contribution in [2.75, 3.05) is 0 Å². The summed E-state index contributed by atoms with van der Waals surface area (Å²) in [5.74, 6) is -1.37. The van der Waals surface area contributed by atoms with Gasteiger partial charge in [0.05, 0.1) is 5.69 Å². The molecule has 2 rings (SSSR count). The van der Waals surface area contributed by atoms with Crippen LogP contribution in [0.5, 0.6) is 0 Å². The number of benzene rings is 1. The predicted molar refractivity (Wildman–Crippen MR) is 74.2 cm³/mol. The van der Waals surface area contributed by atoms with Crippen LogP contribution in [0.1, 0.15) is 16.1 Å². The van der Waals surface area contributed by atoms with Crippen molar-refractivity contribution >= 4 is 33.5 Å². The van der Waals surface area contributed by atoms with Crippen LogP contribution >= 0.6 is 27.5 Å². The summed E-state index contributed by atoms with van der Waals surface area (Å²) in [5.41, 5.74) is 0.249. The third-order valence-electron chi connectivity index (χ3n) is 2.49. The van der Waals surface area contributed by atoms with Gasteiger partial charge in [-0.2, -0.15) is 5.10 Å². The van der Waals surface area contributed by atoms with Crippen molar-refractivity contribution in [3.05, 3.63) is 55.4 Å². The van der Waals surface area contributed by atoms with Gasteiger partial charge in [-0.3, -0.25) is 4.79 Å². The summed E-state index contributed by atoms with van der Waals surface area (Å²) in [7, 11) is 0. The highest BCUT2D eigenvalue weighted by atomic mass is 79.9. The van der Waals surface area contributed by atoms with E-state index in [9.17, 15) is 9.59 Å². The second kappa shape index (κ2) is 5.14. The van der Waals surface area contributed by atoms with E-state index in [1.807, 2.05) is 6.92 Å². The maximum atomic E-state index is 11.4. The lowest BCUT2D eigenvalue weighted by molar-refractivity contribution is 0.0687. The lowest BCUT2D eigenvalue weighted by atomic mass is 10.2. The van der Waals surface area contributed by atoms with Gasteiger partial charge < -0.3 is 5.11 Å². The highest BCUT2D eigenvalue weighted by Crippen LogP contribution is 2.27. The van der Waals surface area contributed by atoms with Crippen molar-refractivity contribution in [1.29, 1.82) is 0 Å². The Hall–Kier alpha value is -1.66. The van der Waals surface area contributed by atoms with Gasteiger partial charge in [-0.25, -0.2) is 9.48 Å². The first-order valence-electron chi connectivity index (χ1n) is 5.19. The lowest BCUT2D eigenvalue weighted by Crippen LogP contribution is -2.20. The fourth-order valence-corrected chi connectivity index (χ4v) is 2.30. The van der Waals surface area contributed by atoms with Gasteiger partial charge in [-0.05, 0) is 40.5 Å². The van der Waals surface area contributed by atoms with Crippen molar-refractivity contribution in [3.63, 3.8) is 0 Å². The smallest absolute Gasteiger partial charge is 0.360 e. The van der Waals surface area contributed by atoms with Crippen molar-refractivity contribution in [1.82, 2.24) is 9.78 Å². The average Bonchev–Trinajstić information content (AvgIpc) is 2.34. The van der Waals surface area contributed by atoms with Gasteiger partial charge >= 0.3 is 5.97 Å². The predicted octanol–water partition coefficient (Wildman–Crippen LogP) is 2.66. The standard InChI is InChI=1S/C12H8BrClN2O3/c1-6-4-7(13)9(5-8(6)14)16-3-2-10(17)11(15-16)12(18)19/h2-5H,1H3,(H,18,19). The molecule has 0 radical (unpaired) electrons. The van der Waals surface area contributed by atoms with Crippen LogP contribution in [0, 0.1) is 6.92 Å². The van der Waals surface area contributed by atoms with Gasteiger partial charge in [0.1, 0.15) is 0 Å². The van der Waals surface area contributed by atoms with Gasteiger partial charge in [-0.15, -0.1) is 0 Å². The molecular weight excluding hydrogens is 336 g/mol. The van der Waals surface area contributed by atoms with E-state index < -0.39 is 17.1 Å². The molecule has 0 saturated heterocycles. The maximum Gasteiger partial charge on any atom is 0.360 e. The minimum Gasteiger partial charge on any atom is -0.476 e. The first kappa shape index (κ1) is 13.8. The Balaban J connectivity index is 2.66. The number of hydrogen-bond donors (Lipinski definition) is 1. The first-order valence-corrected chi connectivity index (χ1v) is 6.36. The van der Waals surface area contributed by atoms with E-state index in [1.54, 1.807) is 12.1 Å². The summed E-state index contributed by atoms with van der Waals surface area (Å²) < 4.78 is 1.99. The molecule has 0 atom stereocenters. The van der Waals surface area contributed by atoms with Crippen LogP contribution in [-0.2, 0) is 0 Å². The zero-order chi connectivity index (χ0) is 14.2. The number of nitrogens with zero attached hydrogens (tertiary/aromatic N) is 2. The van der Waals surface area contributed by atoms with Crippen molar-refractivity contribution in [2.45, 2.75) is 6.92 Å². The van der Waals surface area contributed by atoms with Gasteiger partial charge in [0.15, 0.2) is 0 Å². The van der Waals surface area contributed by atoms with E-state index in [-0.39, 0.29) is 0 Å². The molecule has 0 spiro atoms. The van der Waals surface area contributed by atoms with Gasteiger partial charge in [0.2, 0.25) is 11.1 Å². The Bertz CT molecular complexity index is 727. The van der Waals surface area contributed by atoms with Crippen LogP contribution in [0.25, 0.3) is 5.69 Å². The highest BCUT2D eigenvalue weighted by Gasteiger charge is 2.13. The Morgan fingerprint density at radius 3 is 2.79 bits per heavy atom. The number of halogens is 2. The highest BCUT2D eigenvalue weighted by molar-refractivity contribution is 9.10. The molecule has 1 aromatic heterocycles. The summed E-state index contributed by atoms with van der Waals surface area (Å²) in [6.07, 6.45) is 1.39. The Morgan fingerprint density at radius 2 is 2.16 bits per heavy atom. The van der Waals surface area contributed by atoms with E-state index in [0.717, 1.165) is 11.6 Å². The molecular formula is C12H8BrClN2O3. The zero-order valence-corrected chi connectivity index (χ0v) is 12.1. The number of aryl methyl sites for hydroxylation is 1. The number of hydrogen-bond acceptors (Lipinski definition) is 3. The number of rotatable bonds is 2. The molecule has 0 aliphatic rings. The quantitative estimate of drug-likeness (QED) is 0.910. The van der Waals surface area contributed by atoms with E-state index in [0.29, 0.717) is 15.2 Å². The van der Waals surface area contributed by atoms with Gasteiger partial charge in [0.25, 0.3) is 0 Å². The topological polar surface area (TPSA) is 72.2 Å². The summed E-state index contributed by atoms with van der Waals surface area (Å²) in [6, 6.07) is 4.58. The molecule has 0 fully saturated rings. The molecule has 0 saturated carbocycles. The SMILES string of the molecule is Cc1cc(Br)c(-n2ccc(=O)c(C(=O)O)n2)cc1Cl. The Kier molecular flexibility index (Phi) is 3.73. The van der Waals surface area contributed by atoms with E-state index in [1.165, 1.54) is 10.9 Å². The molecule has 0 aliphatic heterocycles. The monoisotopic (exact) mass is 342 g/mol. The van der Waals surface area contributed by atoms with Crippen LogP contribution in [0.2, 0.25) is 5.02 Å². The van der Waals surface area contributed by atoms with Crippen LogP contribution in [0.3, 0.4) is 0 Å². The Labute approximate surface area is 121 Å². The van der Waals surface area contributed by atoms with Crippen LogP contribution < -0.4 is 5.43 Å². The first-order chi connectivity index (χ1) is 8.90. The molecule has 98 valence electrons. The molecule has 0 unspecified atom stereocenters. The lowest BCUT2D eigenvalue weighted by Gasteiger charge is -2.10. The summed E-state index contributed by atoms with van der Waals surface area (Å²) in [5, 5.41) is 13.2. The normalized spacial score (nSPS) is 10.5. The van der Waals surface area contributed by atoms with Crippen molar-refractivity contribution in [3.8, 4) is 5.69 Å². The van der Waals surface area contributed by atoms with E-state index >= 15 is 0 Å². The number of carboxylic acids is 1. The number of aromatic nitrogens is 2. The molecule has 0 aliphatic carbocycles.